The highest BCUT2D eigenvalue weighted by Crippen LogP contribution is 2.42. The summed E-state index contributed by atoms with van der Waals surface area (Å²) in [5.74, 6) is 0. The van der Waals surface area contributed by atoms with Crippen LogP contribution in [0.1, 0.15) is 0 Å². The molecule has 11 rings (SSSR count). The van der Waals surface area contributed by atoms with Crippen LogP contribution < -0.4 is 0 Å². The summed E-state index contributed by atoms with van der Waals surface area (Å²) in [6, 6.07) is 62.7. The molecule has 0 N–H and O–H groups in total. The summed E-state index contributed by atoms with van der Waals surface area (Å²) < 4.78 is 15.5. The van der Waals surface area contributed by atoms with Crippen molar-refractivity contribution in [2.45, 2.75) is 0 Å². The van der Waals surface area contributed by atoms with Gasteiger partial charge in [0.05, 0.1) is 11.0 Å². The van der Waals surface area contributed by atoms with Gasteiger partial charge in [-0.3, -0.25) is 0 Å². The number of hydrogen-bond donors (Lipinski definition) is 0. The van der Waals surface area contributed by atoms with Gasteiger partial charge in [-0.2, -0.15) is 0 Å². The molecule has 0 aliphatic carbocycles. The van der Waals surface area contributed by atoms with Gasteiger partial charge in [-0.05, 0) is 100 Å². The van der Waals surface area contributed by atoms with Crippen molar-refractivity contribution in [3.63, 3.8) is 0 Å². The number of hydrogen-bond acceptors (Lipinski definition) is 2. The van der Waals surface area contributed by atoms with Crippen LogP contribution in [0.2, 0.25) is 0 Å². The van der Waals surface area contributed by atoms with Gasteiger partial charge in [0.15, 0.2) is 11.2 Å². The second kappa shape index (κ2) is 10.8. The van der Waals surface area contributed by atoms with Crippen LogP contribution in [0, 0.1) is 0 Å². The molecule has 3 aromatic heterocycles. The van der Waals surface area contributed by atoms with Crippen LogP contribution >= 0.6 is 0 Å². The SMILES string of the molecule is c1ccc(-c2ccc3oc4c(ccc5c6cc(-n7c8ccc(-c9ccccc9)cc8c8cc(-c9ccccc9)ccc87)ccc6oc54)c3c2)cc1. The minimum Gasteiger partial charge on any atom is -0.452 e. The molecular weight excluding hydrogens is 623 g/mol. The van der Waals surface area contributed by atoms with Crippen LogP contribution in [0.15, 0.2) is 185 Å². The van der Waals surface area contributed by atoms with E-state index in [0.717, 1.165) is 66.2 Å². The van der Waals surface area contributed by atoms with Crippen LogP contribution in [-0.2, 0) is 0 Å². The van der Waals surface area contributed by atoms with Gasteiger partial charge in [-0.25, -0.2) is 0 Å². The van der Waals surface area contributed by atoms with Gasteiger partial charge >= 0.3 is 0 Å². The Bertz CT molecular complexity index is 3010. The zero-order valence-corrected chi connectivity index (χ0v) is 27.5. The van der Waals surface area contributed by atoms with Gasteiger partial charge in [0.2, 0.25) is 0 Å². The molecule has 0 aliphatic heterocycles. The normalized spacial score (nSPS) is 11.9. The molecule has 0 unspecified atom stereocenters. The minimum atomic E-state index is 0.777. The molecule has 3 heteroatoms. The minimum absolute atomic E-state index is 0.777. The molecule has 0 fully saturated rings. The third-order valence-corrected chi connectivity index (χ3v) is 10.4. The molecular formula is C48H29NO2. The van der Waals surface area contributed by atoms with E-state index < -0.39 is 0 Å². The van der Waals surface area contributed by atoms with Gasteiger partial charge in [0.25, 0.3) is 0 Å². The van der Waals surface area contributed by atoms with E-state index >= 15 is 0 Å². The zero-order chi connectivity index (χ0) is 33.5. The van der Waals surface area contributed by atoms with Gasteiger partial charge < -0.3 is 13.4 Å². The average molecular weight is 652 g/mol. The van der Waals surface area contributed by atoms with Crippen molar-refractivity contribution in [1.29, 1.82) is 0 Å². The van der Waals surface area contributed by atoms with Crippen LogP contribution in [0.3, 0.4) is 0 Å². The second-order valence-electron chi connectivity index (χ2n) is 13.3. The summed E-state index contributed by atoms with van der Waals surface area (Å²) in [5.41, 5.74) is 13.8. The maximum absolute atomic E-state index is 6.58. The van der Waals surface area contributed by atoms with Crippen molar-refractivity contribution in [2.75, 3.05) is 0 Å². The van der Waals surface area contributed by atoms with Gasteiger partial charge in [-0.1, -0.05) is 109 Å². The topological polar surface area (TPSA) is 31.2 Å². The Labute approximate surface area is 293 Å². The Balaban J connectivity index is 1.11. The highest BCUT2D eigenvalue weighted by Gasteiger charge is 2.19. The fourth-order valence-electron chi connectivity index (χ4n) is 7.93. The maximum atomic E-state index is 6.58. The van der Waals surface area contributed by atoms with E-state index in [1.807, 2.05) is 6.07 Å². The smallest absolute Gasteiger partial charge is 0.178 e. The number of benzene rings is 8. The summed E-state index contributed by atoms with van der Waals surface area (Å²) in [5, 5.41) is 6.69. The van der Waals surface area contributed by atoms with E-state index in [4.69, 9.17) is 8.83 Å². The molecule has 0 atom stereocenters. The Morgan fingerprint density at radius 2 is 0.706 bits per heavy atom. The van der Waals surface area contributed by atoms with Crippen molar-refractivity contribution in [3.05, 3.63) is 176 Å². The molecule has 0 saturated heterocycles. The van der Waals surface area contributed by atoms with E-state index in [-0.39, 0.29) is 0 Å². The monoisotopic (exact) mass is 651 g/mol. The molecule has 3 nitrogen and oxygen atoms in total. The molecule has 3 heterocycles. The van der Waals surface area contributed by atoms with E-state index in [2.05, 4.69) is 174 Å². The number of nitrogens with zero attached hydrogens (tertiary/aromatic N) is 1. The molecule has 238 valence electrons. The van der Waals surface area contributed by atoms with E-state index in [9.17, 15) is 0 Å². The molecule has 0 aliphatic rings. The number of rotatable bonds is 4. The Kier molecular flexibility index (Phi) is 5.96. The van der Waals surface area contributed by atoms with Gasteiger partial charge in [-0.15, -0.1) is 0 Å². The summed E-state index contributed by atoms with van der Waals surface area (Å²) in [6.45, 7) is 0. The lowest BCUT2D eigenvalue weighted by atomic mass is 10.0. The fraction of sp³-hybridized carbons (Fsp3) is 0. The number of aromatic nitrogens is 1. The highest BCUT2D eigenvalue weighted by molar-refractivity contribution is 6.19. The first-order valence-electron chi connectivity index (χ1n) is 17.3. The third-order valence-electron chi connectivity index (χ3n) is 10.4. The molecule has 0 radical (unpaired) electrons. The lowest BCUT2D eigenvalue weighted by molar-refractivity contribution is 0.633. The lowest BCUT2D eigenvalue weighted by Crippen LogP contribution is -1.93. The van der Waals surface area contributed by atoms with Crippen LogP contribution in [0.5, 0.6) is 0 Å². The van der Waals surface area contributed by atoms with Crippen LogP contribution in [-0.4, -0.2) is 4.57 Å². The molecule has 0 saturated carbocycles. The van der Waals surface area contributed by atoms with Crippen molar-refractivity contribution < 1.29 is 8.83 Å². The van der Waals surface area contributed by atoms with E-state index in [0.29, 0.717) is 0 Å². The van der Waals surface area contributed by atoms with E-state index in [1.165, 1.54) is 38.6 Å². The highest BCUT2D eigenvalue weighted by atomic mass is 16.4. The Morgan fingerprint density at radius 3 is 1.20 bits per heavy atom. The van der Waals surface area contributed by atoms with Crippen LogP contribution in [0.4, 0.5) is 0 Å². The Morgan fingerprint density at radius 1 is 0.294 bits per heavy atom. The first-order valence-corrected chi connectivity index (χ1v) is 17.3. The van der Waals surface area contributed by atoms with Crippen molar-refractivity contribution in [2.24, 2.45) is 0 Å². The number of furan rings is 2. The van der Waals surface area contributed by atoms with Gasteiger partial charge in [0.1, 0.15) is 11.2 Å². The van der Waals surface area contributed by atoms with Gasteiger partial charge in [0, 0.05) is 38.0 Å². The quantitative estimate of drug-likeness (QED) is 0.190. The van der Waals surface area contributed by atoms with Crippen molar-refractivity contribution in [1.82, 2.24) is 4.57 Å². The first-order chi connectivity index (χ1) is 25.3. The van der Waals surface area contributed by atoms with Crippen molar-refractivity contribution in [3.8, 4) is 39.1 Å². The zero-order valence-electron chi connectivity index (χ0n) is 27.5. The largest absolute Gasteiger partial charge is 0.452 e. The molecule has 0 spiro atoms. The summed E-state index contributed by atoms with van der Waals surface area (Å²) in [6.07, 6.45) is 0. The first kappa shape index (κ1) is 28.0. The molecule has 8 aromatic carbocycles. The Hall–Kier alpha value is -6.84. The van der Waals surface area contributed by atoms with Crippen LogP contribution in [0.25, 0.3) is 105 Å². The predicted molar refractivity (Wildman–Crippen MR) is 212 cm³/mol. The third kappa shape index (κ3) is 4.32. The summed E-state index contributed by atoms with van der Waals surface area (Å²) in [7, 11) is 0. The molecule has 11 aromatic rings. The molecule has 0 amide bonds. The standard InChI is InChI=1S/C48H29NO2/c1-4-10-30(11-5-1)33-16-22-43-39(26-33)40-27-34(31-12-6-2-7-13-31)17-23-44(40)49(43)36-19-25-46-42(29-36)38-21-20-37-41-28-35(32-14-8-3-9-15-32)18-24-45(41)50-47(37)48(38)51-46/h1-29H. The maximum Gasteiger partial charge on any atom is 0.178 e. The van der Waals surface area contributed by atoms with E-state index in [1.54, 1.807) is 0 Å². The summed E-state index contributed by atoms with van der Waals surface area (Å²) >= 11 is 0. The average Bonchev–Trinajstić information content (AvgIpc) is 3.87. The second-order valence-corrected chi connectivity index (χ2v) is 13.3. The fourth-order valence-corrected chi connectivity index (χ4v) is 7.93. The molecule has 51 heavy (non-hydrogen) atoms. The lowest BCUT2D eigenvalue weighted by Gasteiger charge is -2.09. The predicted octanol–water partition coefficient (Wildman–Crippen LogP) is 13.6. The number of fused-ring (bicyclic) bond motifs is 10. The molecule has 0 bridgehead atoms. The van der Waals surface area contributed by atoms with Crippen molar-refractivity contribution >= 4 is 65.7 Å². The summed E-state index contributed by atoms with van der Waals surface area (Å²) in [4.78, 5) is 0.